The summed E-state index contributed by atoms with van der Waals surface area (Å²) in [6, 6.07) is 0. The highest BCUT2D eigenvalue weighted by atomic mass is 15.3. The Labute approximate surface area is 157 Å². The number of rotatable bonds is 3. The summed E-state index contributed by atoms with van der Waals surface area (Å²) in [5.41, 5.74) is 8.83. The fourth-order valence-corrected chi connectivity index (χ4v) is 5.30. The van der Waals surface area contributed by atoms with E-state index in [0.29, 0.717) is 0 Å². The van der Waals surface area contributed by atoms with E-state index >= 15 is 0 Å². The molecule has 136 valence electrons. The Balaban J connectivity index is 1.58. The molecular formula is C24H30N2. The van der Waals surface area contributed by atoms with Crippen LogP contribution in [0, 0.1) is 5.92 Å². The van der Waals surface area contributed by atoms with Gasteiger partial charge in [-0.3, -0.25) is 4.68 Å². The summed E-state index contributed by atoms with van der Waals surface area (Å²) in [6.45, 7) is 1.14. The molecular weight excluding hydrogens is 316 g/mol. The quantitative estimate of drug-likeness (QED) is 0.633. The predicted molar refractivity (Wildman–Crippen MR) is 109 cm³/mol. The molecule has 0 unspecified atom stereocenters. The molecule has 1 aromatic heterocycles. The lowest BCUT2D eigenvalue weighted by Crippen LogP contribution is -2.18. The molecule has 4 aliphatic carbocycles. The first-order chi connectivity index (χ1) is 12.9. The minimum Gasteiger partial charge on any atom is -0.268 e. The van der Waals surface area contributed by atoms with E-state index < -0.39 is 0 Å². The Kier molecular flexibility index (Phi) is 4.44. The molecule has 1 fully saturated rings. The molecule has 2 heteroatoms. The van der Waals surface area contributed by atoms with Gasteiger partial charge in [-0.15, -0.1) is 0 Å². The first-order valence-electron chi connectivity index (χ1n) is 10.8. The molecule has 0 atom stereocenters. The molecule has 0 aromatic carbocycles. The van der Waals surface area contributed by atoms with E-state index in [9.17, 15) is 0 Å². The van der Waals surface area contributed by atoms with Gasteiger partial charge in [-0.1, -0.05) is 49.6 Å². The number of allylic oxidation sites excluding steroid dienone is 8. The van der Waals surface area contributed by atoms with Gasteiger partial charge in [0.15, 0.2) is 0 Å². The van der Waals surface area contributed by atoms with Crippen molar-refractivity contribution in [3.63, 3.8) is 0 Å². The molecule has 0 amide bonds. The Morgan fingerprint density at radius 1 is 0.923 bits per heavy atom. The maximum absolute atomic E-state index is 5.25. The van der Waals surface area contributed by atoms with Gasteiger partial charge in [0, 0.05) is 17.8 Å². The van der Waals surface area contributed by atoms with Crippen LogP contribution in [0.15, 0.2) is 36.0 Å². The molecule has 1 heterocycles. The highest BCUT2D eigenvalue weighted by Crippen LogP contribution is 2.43. The molecule has 2 nitrogen and oxygen atoms in total. The zero-order valence-corrected chi connectivity index (χ0v) is 15.8. The van der Waals surface area contributed by atoms with E-state index in [1.807, 2.05) is 0 Å². The van der Waals surface area contributed by atoms with Crippen molar-refractivity contribution >= 4 is 11.1 Å². The van der Waals surface area contributed by atoms with Crippen LogP contribution in [0.5, 0.6) is 0 Å². The summed E-state index contributed by atoms with van der Waals surface area (Å²) in [5, 5.41) is 5.25. The maximum Gasteiger partial charge on any atom is 0.0964 e. The predicted octanol–water partition coefficient (Wildman–Crippen LogP) is 6.25. The molecule has 26 heavy (non-hydrogen) atoms. The van der Waals surface area contributed by atoms with Gasteiger partial charge in [0.05, 0.1) is 5.69 Å². The Hall–Kier alpha value is -1.83. The van der Waals surface area contributed by atoms with Crippen molar-refractivity contribution in [2.24, 2.45) is 5.92 Å². The van der Waals surface area contributed by atoms with Crippen molar-refractivity contribution in [2.75, 3.05) is 0 Å². The minimum atomic E-state index is 0.832. The minimum absolute atomic E-state index is 0.832. The zero-order chi connectivity index (χ0) is 17.3. The SMILES string of the molecule is C1=CCCC(c2nn(CC3CCCCC3)c3c2C2=CCCC=C2CC3)=C1. The van der Waals surface area contributed by atoms with Gasteiger partial charge >= 0.3 is 0 Å². The smallest absolute Gasteiger partial charge is 0.0964 e. The summed E-state index contributed by atoms with van der Waals surface area (Å²) in [4.78, 5) is 0. The van der Waals surface area contributed by atoms with Crippen LogP contribution in [0.25, 0.3) is 11.1 Å². The highest BCUT2D eigenvalue weighted by molar-refractivity contribution is 5.89. The normalized spacial score (nSPS) is 23.0. The maximum atomic E-state index is 5.25. The molecule has 0 saturated heterocycles. The summed E-state index contributed by atoms with van der Waals surface area (Å²) >= 11 is 0. The lowest BCUT2D eigenvalue weighted by molar-refractivity contribution is 0.304. The van der Waals surface area contributed by atoms with Crippen LogP contribution in [-0.4, -0.2) is 9.78 Å². The third-order valence-electron chi connectivity index (χ3n) is 6.68. The number of nitrogens with zero attached hydrogens (tertiary/aromatic N) is 2. The lowest BCUT2D eigenvalue weighted by Gasteiger charge is -2.26. The van der Waals surface area contributed by atoms with Gasteiger partial charge < -0.3 is 0 Å². The third-order valence-corrected chi connectivity index (χ3v) is 6.68. The van der Waals surface area contributed by atoms with Gasteiger partial charge in [0.25, 0.3) is 0 Å². The van der Waals surface area contributed by atoms with Crippen molar-refractivity contribution in [1.29, 1.82) is 0 Å². The van der Waals surface area contributed by atoms with Crippen LogP contribution in [0.4, 0.5) is 0 Å². The Morgan fingerprint density at radius 3 is 2.65 bits per heavy atom. The molecule has 0 radical (unpaired) electrons. The fourth-order valence-electron chi connectivity index (χ4n) is 5.30. The van der Waals surface area contributed by atoms with E-state index in [2.05, 4.69) is 35.1 Å². The number of hydrogen-bond acceptors (Lipinski definition) is 1. The number of hydrogen-bond donors (Lipinski definition) is 0. The van der Waals surface area contributed by atoms with Crippen LogP contribution in [0.3, 0.4) is 0 Å². The lowest BCUT2D eigenvalue weighted by atomic mass is 9.81. The van der Waals surface area contributed by atoms with Crippen molar-refractivity contribution in [1.82, 2.24) is 9.78 Å². The van der Waals surface area contributed by atoms with Crippen LogP contribution in [0.1, 0.15) is 81.2 Å². The summed E-state index contributed by atoms with van der Waals surface area (Å²) in [7, 11) is 0. The second-order valence-electron chi connectivity index (χ2n) is 8.44. The molecule has 4 aliphatic rings. The van der Waals surface area contributed by atoms with Gasteiger partial charge in [0.2, 0.25) is 0 Å². The summed E-state index contributed by atoms with van der Waals surface area (Å²) < 4.78 is 2.42. The van der Waals surface area contributed by atoms with Crippen LogP contribution >= 0.6 is 0 Å². The van der Waals surface area contributed by atoms with Gasteiger partial charge in [0.1, 0.15) is 0 Å². The summed E-state index contributed by atoms with van der Waals surface area (Å²) in [6.07, 6.45) is 25.9. The second-order valence-corrected chi connectivity index (χ2v) is 8.44. The topological polar surface area (TPSA) is 17.8 Å². The molecule has 1 aromatic rings. The van der Waals surface area contributed by atoms with Crippen LogP contribution in [-0.2, 0) is 13.0 Å². The second kappa shape index (κ2) is 7.06. The third kappa shape index (κ3) is 2.94. The first-order valence-corrected chi connectivity index (χ1v) is 10.8. The van der Waals surface area contributed by atoms with E-state index in [1.54, 1.807) is 5.57 Å². The zero-order valence-electron chi connectivity index (χ0n) is 15.8. The van der Waals surface area contributed by atoms with E-state index in [-0.39, 0.29) is 0 Å². The number of aromatic nitrogens is 2. The highest BCUT2D eigenvalue weighted by Gasteiger charge is 2.30. The fraction of sp³-hybridized carbons (Fsp3) is 0.542. The van der Waals surface area contributed by atoms with Gasteiger partial charge in [-0.2, -0.15) is 5.10 Å². The number of fused-ring (bicyclic) bond motifs is 3. The van der Waals surface area contributed by atoms with Crippen molar-refractivity contribution in [3.8, 4) is 0 Å². The van der Waals surface area contributed by atoms with Crippen molar-refractivity contribution in [3.05, 3.63) is 52.9 Å². The van der Waals surface area contributed by atoms with Crippen molar-refractivity contribution in [2.45, 2.75) is 77.2 Å². The molecule has 0 aliphatic heterocycles. The van der Waals surface area contributed by atoms with E-state index in [0.717, 1.165) is 25.3 Å². The average Bonchev–Trinajstić information content (AvgIpc) is 3.08. The van der Waals surface area contributed by atoms with Crippen LogP contribution < -0.4 is 0 Å². The molecule has 0 N–H and O–H groups in total. The molecule has 0 bridgehead atoms. The Morgan fingerprint density at radius 2 is 1.81 bits per heavy atom. The van der Waals surface area contributed by atoms with Gasteiger partial charge in [-0.05, 0) is 74.0 Å². The average molecular weight is 347 g/mol. The Bertz CT molecular complexity index is 810. The summed E-state index contributed by atoms with van der Waals surface area (Å²) in [5.74, 6) is 0.832. The van der Waals surface area contributed by atoms with Crippen molar-refractivity contribution < 1.29 is 0 Å². The standard InChI is InChI=1S/C24H30N2/c1-3-9-18(10-4-1)17-26-22-16-15-19-11-7-8-14-21(19)23(22)24(25-26)20-12-5-2-6-13-20/h2,5,11-12,14,18H,1,3-4,6-10,13,15-17H2. The van der Waals surface area contributed by atoms with E-state index in [4.69, 9.17) is 5.10 Å². The monoisotopic (exact) mass is 346 g/mol. The van der Waals surface area contributed by atoms with Gasteiger partial charge in [-0.25, -0.2) is 0 Å². The molecule has 5 rings (SSSR count). The van der Waals surface area contributed by atoms with Crippen LogP contribution in [0.2, 0.25) is 0 Å². The van der Waals surface area contributed by atoms with E-state index in [1.165, 1.54) is 85.9 Å². The molecule has 1 saturated carbocycles. The first kappa shape index (κ1) is 16.4. The largest absolute Gasteiger partial charge is 0.268 e. The molecule has 0 spiro atoms.